The molecular formula is C19H21FN4O2S. The number of aromatic nitrogens is 3. The van der Waals surface area contributed by atoms with Gasteiger partial charge in [0.15, 0.2) is 11.0 Å². The molecule has 1 aromatic carbocycles. The summed E-state index contributed by atoms with van der Waals surface area (Å²) in [4.78, 5) is 12.5. The normalized spacial score (nSPS) is 13.4. The lowest BCUT2D eigenvalue weighted by atomic mass is 10.1. The fourth-order valence-corrected chi connectivity index (χ4v) is 3.47. The van der Waals surface area contributed by atoms with Crippen molar-refractivity contribution in [3.63, 3.8) is 0 Å². The van der Waals surface area contributed by atoms with Gasteiger partial charge < -0.3 is 14.3 Å². The molecule has 0 fully saturated rings. The van der Waals surface area contributed by atoms with Gasteiger partial charge in [0, 0.05) is 7.05 Å². The van der Waals surface area contributed by atoms with E-state index in [-0.39, 0.29) is 23.0 Å². The van der Waals surface area contributed by atoms with E-state index >= 15 is 0 Å². The van der Waals surface area contributed by atoms with Crippen molar-refractivity contribution in [2.75, 3.05) is 0 Å². The SMILES string of the molecule is Cc1occc1-c1nnc(S[C@H](C)C(=O)N[C@@H](C)c2ccc(F)cc2)n1C. The summed E-state index contributed by atoms with van der Waals surface area (Å²) in [6.45, 7) is 5.54. The number of hydrogen-bond acceptors (Lipinski definition) is 5. The van der Waals surface area contributed by atoms with Crippen LogP contribution in [0, 0.1) is 12.7 Å². The van der Waals surface area contributed by atoms with Crippen LogP contribution >= 0.6 is 11.8 Å². The first-order valence-electron chi connectivity index (χ1n) is 8.53. The Labute approximate surface area is 161 Å². The molecule has 3 rings (SSSR count). The van der Waals surface area contributed by atoms with Gasteiger partial charge in [-0.3, -0.25) is 4.79 Å². The van der Waals surface area contributed by atoms with Crippen molar-refractivity contribution in [2.24, 2.45) is 7.05 Å². The van der Waals surface area contributed by atoms with E-state index in [0.29, 0.717) is 11.0 Å². The number of nitrogens with one attached hydrogen (secondary N) is 1. The minimum Gasteiger partial charge on any atom is -0.469 e. The van der Waals surface area contributed by atoms with Crippen LogP contribution in [-0.2, 0) is 11.8 Å². The predicted octanol–water partition coefficient (Wildman–Crippen LogP) is 3.88. The van der Waals surface area contributed by atoms with Crippen LogP contribution in [0.1, 0.15) is 31.2 Å². The number of aryl methyl sites for hydroxylation is 1. The predicted molar refractivity (Wildman–Crippen MR) is 102 cm³/mol. The van der Waals surface area contributed by atoms with Gasteiger partial charge in [-0.05, 0) is 44.5 Å². The Hall–Kier alpha value is -2.61. The molecule has 0 aliphatic rings. The third kappa shape index (κ3) is 4.21. The molecule has 0 saturated heterocycles. The van der Waals surface area contributed by atoms with Crippen LogP contribution in [0.3, 0.4) is 0 Å². The lowest BCUT2D eigenvalue weighted by Crippen LogP contribution is -2.33. The topological polar surface area (TPSA) is 72.9 Å². The highest BCUT2D eigenvalue weighted by Gasteiger charge is 2.22. The van der Waals surface area contributed by atoms with Gasteiger partial charge in [0.1, 0.15) is 11.6 Å². The van der Waals surface area contributed by atoms with Crippen LogP contribution in [-0.4, -0.2) is 25.9 Å². The number of nitrogens with zero attached hydrogens (tertiary/aromatic N) is 3. The molecule has 0 unspecified atom stereocenters. The third-order valence-corrected chi connectivity index (χ3v) is 5.45. The van der Waals surface area contributed by atoms with Crippen LogP contribution < -0.4 is 5.32 Å². The average molecular weight is 388 g/mol. The molecule has 6 nitrogen and oxygen atoms in total. The molecule has 142 valence electrons. The molecule has 27 heavy (non-hydrogen) atoms. The number of halogens is 1. The summed E-state index contributed by atoms with van der Waals surface area (Å²) in [5.41, 5.74) is 1.72. The second kappa shape index (κ2) is 7.96. The highest BCUT2D eigenvalue weighted by molar-refractivity contribution is 8.00. The summed E-state index contributed by atoms with van der Waals surface area (Å²) in [6.07, 6.45) is 1.61. The molecule has 0 spiro atoms. The zero-order valence-electron chi connectivity index (χ0n) is 15.6. The summed E-state index contributed by atoms with van der Waals surface area (Å²) >= 11 is 1.33. The number of carbonyl (C=O) groups is 1. The molecule has 0 bridgehead atoms. The van der Waals surface area contributed by atoms with E-state index < -0.39 is 0 Å². The summed E-state index contributed by atoms with van der Waals surface area (Å²) in [5.74, 6) is 1.03. The molecule has 8 heteroatoms. The summed E-state index contributed by atoms with van der Waals surface area (Å²) in [6, 6.07) is 7.73. The molecule has 0 aliphatic carbocycles. The van der Waals surface area contributed by atoms with E-state index in [2.05, 4.69) is 15.5 Å². The molecule has 1 N–H and O–H groups in total. The maximum absolute atomic E-state index is 13.0. The minimum absolute atomic E-state index is 0.124. The number of thioether (sulfide) groups is 1. The first-order chi connectivity index (χ1) is 12.9. The quantitative estimate of drug-likeness (QED) is 0.649. The van der Waals surface area contributed by atoms with E-state index in [0.717, 1.165) is 16.9 Å². The Morgan fingerprint density at radius 2 is 1.93 bits per heavy atom. The van der Waals surface area contributed by atoms with Gasteiger partial charge >= 0.3 is 0 Å². The van der Waals surface area contributed by atoms with Gasteiger partial charge in [0.05, 0.1) is 23.1 Å². The highest BCUT2D eigenvalue weighted by atomic mass is 32.2. The monoisotopic (exact) mass is 388 g/mol. The molecule has 2 heterocycles. The van der Waals surface area contributed by atoms with Gasteiger partial charge in [0.2, 0.25) is 5.91 Å². The number of rotatable bonds is 6. The largest absolute Gasteiger partial charge is 0.469 e. The van der Waals surface area contributed by atoms with Crippen LogP contribution in [0.4, 0.5) is 4.39 Å². The van der Waals surface area contributed by atoms with E-state index in [1.807, 2.05) is 38.5 Å². The van der Waals surface area contributed by atoms with Crippen LogP contribution in [0.2, 0.25) is 0 Å². The highest BCUT2D eigenvalue weighted by Crippen LogP contribution is 2.28. The van der Waals surface area contributed by atoms with E-state index in [9.17, 15) is 9.18 Å². The average Bonchev–Trinajstić information content (AvgIpc) is 3.21. The first kappa shape index (κ1) is 19.2. The van der Waals surface area contributed by atoms with E-state index in [4.69, 9.17) is 4.42 Å². The van der Waals surface area contributed by atoms with E-state index in [1.54, 1.807) is 18.4 Å². The molecular weight excluding hydrogens is 367 g/mol. The lowest BCUT2D eigenvalue weighted by molar-refractivity contribution is -0.120. The number of benzene rings is 1. The Balaban J connectivity index is 1.65. The maximum Gasteiger partial charge on any atom is 0.233 e. The second-order valence-corrected chi connectivity index (χ2v) is 7.61. The fraction of sp³-hybridized carbons (Fsp3) is 0.316. The second-order valence-electron chi connectivity index (χ2n) is 6.30. The van der Waals surface area contributed by atoms with E-state index in [1.165, 1.54) is 23.9 Å². The van der Waals surface area contributed by atoms with Gasteiger partial charge in [-0.15, -0.1) is 10.2 Å². The smallest absolute Gasteiger partial charge is 0.233 e. The molecule has 2 aromatic heterocycles. The van der Waals surface area contributed by atoms with Crippen molar-refractivity contribution in [3.8, 4) is 11.4 Å². The minimum atomic E-state index is -0.367. The van der Waals surface area contributed by atoms with Crippen molar-refractivity contribution in [3.05, 3.63) is 53.7 Å². The van der Waals surface area contributed by atoms with Crippen molar-refractivity contribution in [1.29, 1.82) is 0 Å². The Kier molecular flexibility index (Phi) is 5.65. The van der Waals surface area contributed by atoms with Crippen LogP contribution in [0.5, 0.6) is 0 Å². The van der Waals surface area contributed by atoms with Gasteiger partial charge in [0.25, 0.3) is 0 Å². The number of furan rings is 1. The number of hydrogen-bond donors (Lipinski definition) is 1. The molecule has 0 radical (unpaired) electrons. The van der Waals surface area contributed by atoms with Crippen molar-refractivity contribution in [2.45, 2.75) is 37.2 Å². The molecule has 2 atom stereocenters. The van der Waals surface area contributed by atoms with Gasteiger partial charge in [-0.2, -0.15) is 0 Å². The Morgan fingerprint density at radius 1 is 1.22 bits per heavy atom. The summed E-state index contributed by atoms with van der Waals surface area (Å²) in [5, 5.41) is 11.6. The Bertz CT molecular complexity index is 936. The third-order valence-electron chi connectivity index (χ3n) is 4.31. The molecule has 1 amide bonds. The zero-order chi connectivity index (χ0) is 19.6. The van der Waals surface area contributed by atoms with Crippen LogP contribution in [0.15, 0.2) is 46.2 Å². The Morgan fingerprint density at radius 3 is 2.56 bits per heavy atom. The molecule has 0 saturated carbocycles. The fourth-order valence-electron chi connectivity index (χ4n) is 2.65. The summed E-state index contributed by atoms with van der Waals surface area (Å²) < 4.78 is 20.2. The van der Waals surface area contributed by atoms with Crippen molar-refractivity contribution < 1.29 is 13.6 Å². The molecule has 0 aliphatic heterocycles. The van der Waals surface area contributed by atoms with Gasteiger partial charge in [-0.25, -0.2) is 4.39 Å². The molecule has 3 aromatic rings. The van der Waals surface area contributed by atoms with Gasteiger partial charge in [-0.1, -0.05) is 23.9 Å². The maximum atomic E-state index is 13.0. The number of amides is 1. The lowest BCUT2D eigenvalue weighted by Gasteiger charge is -2.17. The standard InChI is InChI=1S/C19H21FN4O2S/c1-11(14-5-7-15(20)8-6-14)21-18(25)13(3)27-19-23-22-17(24(19)4)16-9-10-26-12(16)2/h5-11,13H,1-4H3,(H,21,25)/t11-,13+/m0/s1. The summed E-state index contributed by atoms with van der Waals surface area (Å²) in [7, 11) is 1.86. The van der Waals surface area contributed by atoms with Crippen molar-refractivity contribution >= 4 is 17.7 Å². The van der Waals surface area contributed by atoms with Crippen LogP contribution in [0.25, 0.3) is 11.4 Å². The van der Waals surface area contributed by atoms with Crippen molar-refractivity contribution in [1.82, 2.24) is 20.1 Å². The zero-order valence-corrected chi connectivity index (χ0v) is 16.4. The first-order valence-corrected chi connectivity index (χ1v) is 9.41. The number of carbonyl (C=O) groups excluding carboxylic acids is 1.